The van der Waals surface area contributed by atoms with Crippen molar-refractivity contribution >= 4 is 28.2 Å². The summed E-state index contributed by atoms with van der Waals surface area (Å²) in [4.78, 5) is 26.5. The van der Waals surface area contributed by atoms with E-state index in [0.29, 0.717) is 40.6 Å². The molecule has 0 radical (unpaired) electrons. The van der Waals surface area contributed by atoms with Gasteiger partial charge in [0.2, 0.25) is 12.7 Å². The van der Waals surface area contributed by atoms with Gasteiger partial charge in [-0.05, 0) is 60.5 Å². The van der Waals surface area contributed by atoms with Crippen molar-refractivity contribution in [3.8, 4) is 17.2 Å². The molecule has 0 spiro atoms. The standard InChI is InChI=1S/C28H27N3O5/c1-3-18-4-6-21(7-5-18)29-15-20-12-19-13-25-26(36-17-35-25)14-24(19)31(28(20)33)16-27(32)30-22-8-10-23(34-2)11-9-22/h4-14,29H,3,15-17H2,1-2H3,(H,30,32). The Bertz CT molecular complexity index is 1460. The van der Waals surface area contributed by atoms with E-state index < -0.39 is 0 Å². The van der Waals surface area contributed by atoms with Crippen molar-refractivity contribution in [2.24, 2.45) is 0 Å². The fourth-order valence-corrected chi connectivity index (χ4v) is 4.19. The molecule has 1 amide bonds. The molecule has 0 aliphatic carbocycles. The van der Waals surface area contributed by atoms with Crippen molar-refractivity contribution in [3.63, 3.8) is 0 Å². The van der Waals surface area contributed by atoms with Crippen LogP contribution in [-0.2, 0) is 24.3 Å². The summed E-state index contributed by atoms with van der Waals surface area (Å²) in [6, 6.07) is 20.6. The number of ether oxygens (including phenoxy) is 3. The number of amides is 1. The number of hydrogen-bond acceptors (Lipinski definition) is 6. The van der Waals surface area contributed by atoms with Crippen LogP contribution in [0.25, 0.3) is 10.9 Å². The molecule has 0 saturated carbocycles. The smallest absolute Gasteiger partial charge is 0.256 e. The number of carbonyl (C=O) groups is 1. The minimum Gasteiger partial charge on any atom is -0.497 e. The number of pyridine rings is 1. The molecule has 2 heterocycles. The maximum atomic E-state index is 13.5. The van der Waals surface area contributed by atoms with E-state index in [9.17, 15) is 9.59 Å². The van der Waals surface area contributed by atoms with Crippen molar-refractivity contribution in [1.82, 2.24) is 4.57 Å². The quantitative estimate of drug-likeness (QED) is 0.381. The molecule has 1 aliphatic rings. The first-order chi connectivity index (χ1) is 17.5. The van der Waals surface area contributed by atoms with Gasteiger partial charge < -0.3 is 24.8 Å². The van der Waals surface area contributed by atoms with Gasteiger partial charge >= 0.3 is 0 Å². The van der Waals surface area contributed by atoms with E-state index in [1.807, 2.05) is 24.3 Å². The zero-order valence-corrected chi connectivity index (χ0v) is 20.2. The fourth-order valence-electron chi connectivity index (χ4n) is 4.19. The lowest BCUT2D eigenvalue weighted by atomic mass is 10.1. The highest BCUT2D eigenvalue weighted by atomic mass is 16.7. The summed E-state index contributed by atoms with van der Waals surface area (Å²) < 4.78 is 17.7. The van der Waals surface area contributed by atoms with Gasteiger partial charge in [-0.1, -0.05) is 19.1 Å². The lowest BCUT2D eigenvalue weighted by Gasteiger charge is -2.15. The topological polar surface area (TPSA) is 90.8 Å². The minimum atomic E-state index is -0.318. The number of methoxy groups -OCH3 is 1. The first kappa shape index (κ1) is 23.3. The van der Waals surface area contributed by atoms with E-state index in [-0.39, 0.29) is 24.8 Å². The summed E-state index contributed by atoms with van der Waals surface area (Å²) in [5.74, 6) is 1.54. The first-order valence-electron chi connectivity index (χ1n) is 11.8. The highest BCUT2D eigenvalue weighted by molar-refractivity contribution is 5.92. The van der Waals surface area contributed by atoms with Gasteiger partial charge in [0, 0.05) is 34.9 Å². The molecular weight excluding hydrogens is 458 g/mol. The third-order valence-electron chi connectivity index (χ3n) is 6.18. The number of fused-ring (bicyclic) bond motifs is 2. The van der Waals surface area contributed by atoms with Crippen molar-refractivity contribution in [3.05, 3.63) is 88.2 Å². The number of nitrogens with zero attached hydrogens (tertiary/aromatic N) is 1. The number of aromatic nitrogens is 1. The van der Waals surface area contributed by atoms with Gasteiger partial charge in [0.15, 0.2) is 11.5 Å². The highest BCUT2D eigenvalue weighted by Crippen LogP contribution is 2.36. The van der Waals surface area contributed by atoms with Crippen LogP contribution >= 0.6 is 0 Å². The molecule has 8 nitrogen and oxygen atoms in total. The Hall–Kier alpha value is -4.46. The molecule has 0 fully saturated rings. The normalized spacial score (nSPS) is 11.9. The van der Waals surface area contributed by atoms with E-state index >= 15 is 0 Å². The number of carbonyl (C=O) groups excluding carboxylic acids is 1. The van der Waals surface area contributed by atoms with Gasteiger partial charge in [0.25, 0.3) is 5.56 Å². The average Bonchev–Trinajstić information content (AvgIpc) is 3.36. The summed E-state index contributed by atoms with van der Waals surface area (Å²) in [5.41, 5.74) is 3.67. The zero-order chi connectivity index (χ0) is 25.1. The summed E-state index contributed by atoms with van der Waals surface area (Å²) in [7, 11) is 1.58. The zero-order valence-electron chi connectivity index (χ0n) is 20.2. The highest BCUT2D eigenvalue weighted by Gasteiger charge is 2.19. The van der Waals surface area contributed by atoms with Gasteiger partial charge in [-0.15, -0.1) is 0 Å². The summed E-state index contributed by atoms with van der Waals surface area (Å²) in [5, 5.41) is 6.95. The Morgan fingerprint density at radius 2 is 1.67 bits per heavy atom. The van der Waals surface area contributed by atoms with Crippen molar-refractivity contribution in [1.29, 1.82) is 0 Å². The molecule has 184 valence electrons. The van der Waals surface area contributed by atoms with Gasteiger partial charge in [0.05, 0.1) is 12.6 Å². The Kier molecular flexibility index (Phi) is 6.49. The molecule has 0 saturated heterocycles. The van der Waals surface area contributed by atoms with Gasteiger partial charge in [-0.2, -0.15) is 0 Å². The van der Waals surface area contributed by atoms with E-state index in [2.05, 4.69) is 29.7 Å². The van der Waals surface area contributed by atoms with Crippen molar-refractivity contribution in [2.75, 3.05) is 24.5 Å². The molecule has 8 heteroatoms. The van der Waals surface area contributed by atoms with E-state index in [0.717, 1.165) is 17.5 Å². The third kappa shape index (κ3) is 4.84. The fraction of sp³-hybridized carbons (Fsp3) is 0.214. The second-order valence-corrected chi connectivity index (χ2v) is 8.51. The van der Waals surface area contributed by atoms with Crippen LogP contribution in [0.5, 0.6) is 17.2 Å². The Morgan fingerprint density at radius 1 is 0.972 bits per heavy atom. The number of aryl methyl sites for hydroxylation is 1. The van der Waals surface area contributed by atoms with Crippen LogP contribution in [-0.4, -0.2) is 24.4 Å². The summed E-state index contributed by atoms with van der Waals surface area (Å²) in [6.45, 7) is 2.39. The lowest BCUT2D eigenvalue weighted by Crippen LogP contribution is -2.30. The minimum absolute atomic E-state index is 0.121. The molecule has 5 rings (SSSR count). The van der Waals surface area contributed by atoms with Crippen LogP contribution in [0.1, 0.15) is 18.1 Å². The number of nitrogens with one attached hydrogen (secondary N) is 2. The number of hydrogen-bond donors (Lipinski definition) is 2. The van der Waals surface area contributed by atoms with E-state index in [4.69, 9.17) is 14.2 Å². The predicted molar refractivity (Wildman–Crippen MR) is 139 cm³/mol. The maximum absolute atomic E-state index is 13.5. The molecule has 1 aromatic heterocycles. The average molecular weight is 486 g/mol. The van der Waals surface area contributed by atoms with Crippen LogP contribution in [0.3, 0.4) is 0 Å². The van der Waals surface area contributed by atoms with Crippen molar-refractivity contribution < 1.29 is 19.0 Å². The lowest BCUT2D eigenvalue weighted by molar-refractivity contribution is -0.116. The van der Waals surface area contributed by atoms with Gasteiger partial charge in [-0.3, -0.25) is 14.2 Å². The monoisotopic (exact) mass is 485 g/mol. The van der Waals surface area contributed by atoms with Crippen LogP contribution in [0.15, 0.2) is 71.5 Å². The summed E-state index contributed by atoms with van der Waals surface area (Å²) in [6.07, 6.45) is 0.963. The third-order valence-corrected chi connectivity index (χ3v) is 6.18. The Balaban J connectivity index is 1.45. The van der Waals surface area contributed by atoms with Crippen LogP contribution < -0.4 is 30.4 Å². The van der Waals surface area contributed by atoms with Gasteiger partial charge in [-0.25, -0.2) is 0 Å². The Labute approximate surface area is 208 Å². The number of rotatable bonds is 8. The maximum Gasteiger partial charge on any atom is 0.256 e. The number of benzene rings is 3. The Morgan fingerprint density at radius 3 is 2.36 bits per heavy atom. The second kappa shape index (κ2) is 10.0. The molecule has 36 heavy (non-hydrogen) atoms. The summed E-state index contributed by atoms with van der Waals surface area (Å²) >= 11 is 0. The largest absolute Gasteiger partial charge is 0.497 e. The van der Waals surface area contributed by atoms with Crippen LogP contribution in [0, 0.1) is 0 Å². The molecule has 2 N–H and O–H groups in total. The molecule has 0 atom stereocenters. The first-order valence-corrected chi connectivity index (χ1v) is 11.8. The van der Waals surface area contributed by atoms with Gasteiger partial charge in [0.1, 0.15) is 12.3 Å². The molecular formula is C28H27N3O5. The number of anilines is 2. The predicted octanol–water partition coefficient (Wildman–Crippen LogP) is 4.55. The molecule has 0 unspecified atom stereocenters. The molecule has 3 aromatic carbocycles. The molecule has 4 aromatic rings. The van der Waals surface area contributed by atoms with Crippen LogP contribution in [0.4, 0.5) is 11.4 Å². The van der Waals surface area contributed by atoms with Crippen molar-refractivity contribution in [2.45, 2.75) is 26.4 Å². The molecule has 1 aliphatic heterocycles. The van der Waals surface area contributed by atoms with E-state index in [1.165, 1.54) is 10.1 Å². The van der Waals surface area contributed by atoms with E-state index in [1.54, 1.807) is 37.4 Å². The molecule has 0 bridgehead atoms. The second-order valence-electron chi connectivity index (χ2n) is 8.51. The SMILES string of the molecule is CCc1ccc(NCc2cc3cc4c(cc3n(CC(=O)Nc3ccc(OC)cc3)c2=O)OCO4)cc1. The van der Waals surface area contributed by atoms with Crippen LogP contribution in [0.2, 0.25) is 0 Å².